The SMILES string of the molecule is CCNC(=NCC(=O)N(C)C)NCC1(c2ccccc2OC)CC1. The minimum absolute atomic E-state index is 0.0157. The third-order valence-corrected chi connectivity index (χ3v) is 4.34. The van der Waals surface area contributed by atoms with Gasteiger partial charge in [-0.05, 0) is 25.8 Å². The van der Waals surface area contributed by atoms with Gasteiger partial charge in [0.1, 0.15) is 12.3 Å². The second-order valence-electron chi connectivity index (χ2n) is 6.32. The summed E-state index contributed by atoms with van der Waals surface area (Å²) >= 11 is 0. The zero-order valence-electron chi connectivity index (χ0n) is 15.1. The molecule has 2 N–H and O–H groups in total. The van der Waals surface area contributed by atoms with E-state index in [1.807, 2.05) is 25.1 Å². The minimum Gasteiger partial charge on any atom is -0.496 e. The van der Waals surface area contributed by atoms with Crippen molar-refractivity contribution in [2.75, 3.05) is 40.8 Å². The number of benzene rings is 1. The molecule has 1 aliphatic carbocycles. The second kappa shape index (κ2) is 8.04. The van der Waals surface area contributed by atoms with Crippen LogP contribution in [-0.4, -0.2) is 57.6 Å². The van der Waals surface area contributed by atoms with Gasteiger partial charge in [-0.15, -0.1) is 0 Å². The Bertz CT molecular complexity index is 594. The van der Waals surface area contributed by atoms with E-state index in [-0.39, 0.29) is 17.9 Å². The number of ether oxygens (including phenoxy) is 1. The molecule has 132 valence electrons. The van der Waals surface area contributed by atoms with Crippen LogP contribution in [0, 0.1) is 0 Å². The maximum atomic E-state index is 11.7. The lowest BCUT2D eigenvalue weighted by atomic mass is 9.95. The van der Waals surface area contributed by atoms with E-state index < -0.39 is 0 Å². The van der Waals surface area contributed by atoms with Gasteiger partial charge < -0.3 is 20.3 Å². The van der Waals surface area contributed by atoms with Crippen molar-refractivity contribution in [3.63, 3.8) is 0 Å². The third-order valence-electron chi connectivity index (χ3n) is 4.34. The van der Waals surface area contributed by atoms with Gasteiger partial charge in [-0.1, -0.05) is 18.2 Å². The molecule has 1 saturated carbocycles. The van der Waals surface area contributed by atoms with Gasteiger partial charge in [-0.2, -0.15) is 0 Å². The van der Waals surface area contributed by atoms with Crippen molar-refractivity contribution in [1.82, 2.24) is 15.5 Å². The van der Waals surface area contributed by atoms with E-state index in [1.54, 1.807) is 26.1 Å². The number of nitrogens with one attached hydrogen (secondary N) is 2. The molecule has 1 fully saturated rings. The number of carbonyl (C=O) groups excluding carboxylic acids is 1. The van der Waals surface area contributed by atoms with E-state index in [9.17, 15) is 4.79 Å². The first-order valence-electron chi connectivity index (χ1n) is 8.38. The molecule has 6 heteroatoms. The van der Waals surface area contributed by atoms with Crippen molar-refractivity contribution in [1.29, 1.82) is 0 Å². The zero-order chi connectivity index (χ0) is 17.6. The predicted octanol–water partition coefficient (Wildman–Crippen LogP) is 1.37. The Morgan fingerprint density at radius 1 is 1.29 bits per heavy atom. The number of guanidine groups is 1. The lowest BCUT2D eigenvalue weighted by molar-refractivity contribution is -0.127. The first kappa shape index (κ1) is 18.1. The van der Waals surface area contributed by atoms with E-state index >= 15 is 0 Å². The van der Waals surface area contributed by atoms with E-state index in [2.05, 4.69) is 21.7 Å². The van der Waals surface area contributed by atoms with Crippen LogP contribution in [0.15, 0.2) is 29.3 Å². The Hall–Kier alpha value is -2.24. The molecule has 1 aromatic carbocycles. The Labute approximate surface area is 144 Å². The molecule has 0 spiro atoms. The number of aliphatic imine (C=N–C) groups is 1. The summed E-state index contributed by atoms with van der Waals surface area (Å²) in [6.07, 6.45) is 2.24. The van der Waals surface area contributed by atoms with Gasteiger partial charge in [-0.25, -0.2) is 4.99 Å². The number of amides is 1. The number of carbonyl (C=O) groups is 1. The van der Waals surface area contributed by atoms with Crippen LogP contribution in [0.4, 0.5) is 0 Å². The third kappa shape index (κ3) is 4.40. The van der Waals surface area contributed by atoms with Crippen molar-refractivity contribution in [2.45, 2.75) is 25.2 Å². The number of rotatable bonds is 7. The average Bonchev–Trinajstić information content (AvgIpc) is 3.38. The number of methoxy groups -OCH3 is 1. The molecule has 0 unspecified atom stereocenters. The lowest BCUT2D eigenvalue weighted by Crippen LogP contribution is -2.42. The largest absolute Gasteiger partial charge is 0.496 e. The van der Waals surface area contributed by atoms with Crippen molar-refractivity contribution in [3.05, 3.63) is 29.8 Å². The molecule has 0 bridgehead atoms. The number of hydrogen-bond acceptors (Lipinski definition) is 3. The lowest BCUT2D eigenvalue weighted by Gasteiger charge is -2.21. The fourth-order valence-corrected chi connectivity index (χ4v) is 2.66. The highest BCUT2D eigenvalue weighted by Gasteiger charge is 2.46. The van der Waals surface area contributed by atoms with Gasteiger partial charge in [0.2, 0.25) is 5.91 Å². The predicted molar refractivity (Wildman–Crippen MR) is 96.6 cm³/mol. The molecule has 0 aliphatic heterocycles. The molecule has 2 rings (SSSR count). The molecule has 0 atom stereocenters. The Morgan fingerprint density at radius 3 is 2.58 bits per heavy atom. The maximum absolute atomic E-state index is 11.7. The van der Waals surface area contributed by atoms with Crippen LogP contribution in [0.2, 0.25) is 0 Å². The summed E-state index contributed by atoms with van der Waals surface area (Å²) < 4.78 is 5.51. The average molecular weight is 332 g/mol. The molecule has 1 amide bonds. The number of likely N-dealkylation sites (N-methyl/N-ethyl adjacent to an activating group) is 1. The highest BCUT2D eigenvalue weighted by atomic mass is 16.5. The van der Waals surface area contributed by atoms with Crippen molar-refractivity contribution >= 4 is 11.9 Å². The summed E-state index contributed by atoms with van der Waals surface area (Å²) in [5, 5.41) is 6.57. The van der Waals surface area contributed by atoms with Crippen LogP contribution >= 0.6 is 0 Å². The molecule has 24 heavy (non-hydrogen) atoms. The summed E-state index contributed by atoms with van der Waals surface area (Å²) in [7, 11) is 5.18. The number of para-hydroxylation sites is 1. The van der Waals surface area contributed by atoms with Gasteiger partial charge in [0.15, 0.2) is 5.96 Å². The molecule has 0 radical (unpaired) electrons. The minimum atomic E-state index is -0.0157. The van der Waals surface area contributed by atoms with E-state index in [4.69, 9.17) is 4.74 Å². The normalized spacial score (nSPS) is 15.6. The monoisotopic (exact) mass is 332 g/mol. The van der Waals surface area contributed by atoms with Crippen LogP contribution in [0.1, 0.15) is 25.3 Å². The van der Waals surface area contributed by atoms with Crippen LogP contribution in [0.5, 0.6) is 5.75 Å². The van der Waals surface area contributed by atoms with Crippen molar-refractivity contribution in [3.8, 4) is 5.75 Å². The van der Waals surface area contributed by atoms with Crippen LogP contribution in [0.25, 0.3) is 0 Å². The molecule has 0 heterocycles. The molecule has 0 aromatic heterocycles. The van der Waals surface area contributed by atoms with Gasteiger partial charge in [-0.3, -0.25) is 4.79 Å². The fraction of sp³-hybridized carbons (Fsp3) is 0.556. The summed E-state index contributed by atoms with van der Waals surface area (Å²) in [6, 6.07) is 8.18. The second-order valence-corrected chi connectivity index (χ2v) is 6.32. The van der Waals surface area contributed by atoms with Gasteiger partial charge in [0, 0.05) is 38.2 Å². The summed E-state index contributed by atoms with van der Waals surface area (Å²) in [6.45, 7) is 3.68. The van der Waals surface area contributed by atoms with E-state index in [0.29, 0.717) is 5.96 Å². The molecule has 6 nitrogen and oxygen atoms in total. The van der Waals surface area contributed by atoms with Gasteiger partial charge >= 0.3 is 0 Å². The standard InChI is InChI=1S/C18H28N4O2/c1-5-19-17(20-12-16(23)22(2)3)21-13-18(10-11-18)14-8-6-7-9-15(14)24-4/h6-9H,5,10-13H2,1-4H3,(H2,19,20,21). The quantitative estimate of drug-likeness (QED) is 0.585. The molecule has 0 saturated heterocycles. The topological polar surface area (TPSA) is 66.0 Å². The van der Waals surface area contributed by atoms with Crippen LogP contribution in [-0.2, 0) is 10.2 Å². The van der Waals surface area contributed by atoms with E-state index in [1.165, 1.54) is 5.56 Å². The zero-order valence-corrected chi connectivity index (χ0v) is 15.1. The Balaban J connectivity index is 2.03. The number of nitrogens with zero attached hydrogens (tertiary/aromatic N) is 2. The smallest absolute Gasteiger partial charge is 0.243 e. The highest BCUT2D eigenvalue weighted by molar-refractivity contribution is 5.84. The van der Waals surface area contributed by atoms with Crippen LogP contribution in [0.3, 0.4) is 0 Å². The molecule has 1 aromatic rings. The first-order valence-corrected chi connectivity index (χ1v) is 8.38. The fourth-order valence-electron chi connectivity index (χ4n) is 2.66. The van der Waals surface area contributed by atoms with Crippen molar-refractivity contribution in [2.24, 2.45) is 4.99 Å². The summed E-state index contributed by atoms with van der Waals surface area (Å²) in [5.41, 5.74) is 1.33. The molecule has 1 aliphatic rings. The summed E-state index contributed by atoms with van der Waals surface area (Å²) in [5.74, 6) is 1.59. The maximum Gasteiger partial charge on any atom is 0.243 e. The van der Waals surface area contributed by atoms with Crippen LogP contribution < -0.4 is 15.4 Å². The molecular weight excluding hydrogens is 304 g/mol. The molecular formula is C18H28N4O2. The van der Waals surface area contributed by atoms with Gasteiger partial charge in [0.05, 0.1) is 7.11 Å². The van der Waals surface area contributed by atoms with Crippen molar-refractivity contribution < 1.29 is 9.53 Å². The first-order chi connectivity index (χ1) is 11.5. The Morgan fingerprint density at radius 2 is 2.00 bits per heavy atom. The Kier molecular flexibility index (Phi) is 6.06. The highest BCUT2D eigenvalue weighted by Crippen LogP contribution is 2.50. The van der Waals surface area contributed by atoms with E-state index in [0.717, 1.165) is 31.7 Å². The summed E-state index contributed by atoms with van der Waals surface area (Å²) in [4.78, 5) is 17.6. The van der Waals surface area contributed by atoms with Gasteiger partial charge in [0.25, 0.3) is 0 Å². The number of hydrogen-bond donors (Lipinski definition) is 2.